The van der Waals surface area contributed by atoms with E-state index < -0.39 is 0 Å². The van der Waals surface area contributed by atoms with Gasteiger partial charge >= 0.3 is 6.03 Å². The molecule has 0 aliphatic rings. The molecule has 0 fully saturated rings. The van der Waals surface area contributed by atoms with Gasteiger partial charge in [-0.25, -0.2) is 4.79 Å². The summed E-state index contributed by atoms with van der Waals surface area (Å²) in [4.78, 5) is 28.1. The van der Waals surface area contributed by atoms with Crippen LogP contribution in [0.3, 0.4) is 0 Å². The van der Waals surface area contributed by atoms with Gasteiger partial charge in [0, 0.05) is 22.7 Å². The summed E-state index contributed by atoms with van der Waals surface area (Å²) in [6.07, 6.45) is 0. The Morgan fingerprint density at radius 2 is 1.74 bits per heavy atom. The normalized spacial score (nSPS) is 11.6. The number of benzene rings is 2. The van der Waals surface area contributed by atoms with Gasteiger partial charge in [-0.1, -0.05) is 18.2 Å². The zero-order chi connectivity index (χ0) is 22.2. The molecule has 0 bridgehead atoms. The van der Waals surface area contributed by atoms with Crippen LogP contribution in [0.4, 0.5) is 16.2 Å². The van der Waals surface area contributed by atoms with Crippen LogP contribution in [-0.4, -0.2) is 44.6 Å². The molecule has 1 atom stereocenters. The van der Waals surface area contributed by atoms with E-state index in [1.165, 1.54) is 4.88 Å². The van der Waals surface area contributed by atoms with E-state index in [2.05, 4.69) is 26.9 Å². The molecule has 3 rings (SSSR count). The molecular weight excluding hydrogens is 412 g/mol. The van der Waals surface area contributed by atoms with Crippen molar-refractivity contribution in [2.45, 2.75) is 6.04 Å². The van der Waals surface area contributed by atoms with Gasteiger partial charge in [-0.2, -0.15) is 0 Å². The summed E-state index contributed by atoms with van der Waals surface area (Å²) in [6, 6.07) is 17.8. The molecule has 1 heterocycles. The smallest absolute Gasteiger partial charge is 0.319 e. The number of hydrogen-bond donors (Lipinski definition) is 3. The van der Waals surface area contributed by atoms with Crippen LogP contribution in [0.1, 0.15) is 21.3 Å². The van der Waals surface area contributed by atoms with Crippen LogP contribution in [-0.2, 0) is 0 Å². The van der Waals surface area contributed by atoms with Gasteiger partial charge in [0.1, 0.15) is 5.75 Å². The minimum atomic E-state index is -0.297. The first-order valence-corrected chi connectivity index (χ1v) is 10.6. The number of carbonyl (C=O) groups excluding carboxylic acids is 2. The largest absolute Gasteiger partial charge is 0.495 e. The fourth-order valence-corrected chi connectivity index (χ4v) is 3.95. The molecular formula is C23H26N4O3S. The second-order valence-electron chi connectivity index (χ2n) is 7.06. The Balaban J connectivity index is 1.55. The number of thiophene rings is 1. The minimum Gasteiger partial charge on any atom is -0.495 e. The van der Waals surface area contributed by atoms with Gasteiger partial charge < -0.3 is 25.6 Å². The van der Waals surface area contributed by atoms with Gasteiger partial charge in [-0.3, -0.25) is 4.79 Å². The topological polar surface area (TPSA) is 82.7 Å². The maximum Gasteiger partial charge on any atom is 0.319 e. The first-order chi connectivity index (χ1) is 15.0. The lowest BCUT2D eigenvalue weighted by Crippen LogP contribution is -2.36. The van der Waals surface area contributed by atoms with Crippen LogP contribution in [0.2, 0.25) is 0 Å². The highest BCUT2D eigenvalue weighted by Crippen LogP contribution is 2.24. The van der Waals surface area contributed by atoms with Gasteiger partial charge in [0.15, 0.2) is 0 Å². The molecule has 0 spiro atoms. The van der Waals surface area contributed by atoms with Gasteiger partial charge in [-0.15, -0.1) is 11.3 Å². The Bertz CT molecular complexity index is 1000. The standard InChI is InChI=1S/C23H26N4O3S/c1-27(2)19(21-9-6-14-31-21)15-24-23(29)25-17-12-10-16(11-13-17)22(28)26-18-7-4-5-8-20(18)30-3/h4-14,19H,15H2,1-3H3,(H,26,28)(H2,24,25,29). The van der Waals surface area contributed by atoms with E-state index in [1.807, 2.05) is 37.7 Å². The molecule has 0 aliphatic carbocycles. The van der Waals surface area contributed by atoms with Crippen LogP contribution in [0, 0.1) is 0 Å². The van der Waals surface area contributed by atoms with E-state index in [-0.39, 0.29) is 18.0 Å². The number of nitrogens with zero attached hydrogens (tertiary/aromatic N) is 1. The maximum absolute atomic E-state index is 12.5. The predicted octanol–water partition coefficient (Wildman–Crippen LogP) is 4.43. The zero-order valence-electron chi connectivity index (χ0n) is 17.7. The third kappa shape index (κ3) is 6.07. The van der Waals surface area contributed by atoms with E-state index in [0.717, 1.165) is 0 Å². The fraction of sp³-hybridized carbons (Fsp3) is 0.217. The van der Waals surface area contributed by atoms with E-state index in [1.54, 1.807) is 54.8 Å². The molecule has 1 aromatic heterocycles. The molecule has 3 N–H and O–H groups in total. The molecule has 0 aliphatic heterocycles. The quantitative estimate of drug-likeness (QED) is 0.486. The van der Waals surface area contributed by atoms with Crippen molar-refractivity contribution in [3.05, 3.63) is 76.5 Å². The molecule has 1 unspecified atom stereocenters. The van der Waals surface area contributed by atoms with Crippen molar-refractivity contribution in [2.24, 2.45) is 0 Å². The third-order valence-corrected chi connectivity index (χ3v) is 5.68. The van der Waals surface area contributed by atoms with E-state index >= 15 is 0 Å². The van der Waals surface area contributed by atoms with Crippen molar-refractivity contribution in [1.82, 2.24) is 10.2 Å². The Morgan fingerprint density at radius 1 is 1.00 bits per heavy atom. The van der Waals surface area contributed by atoms with E-state index in [4.69, 9.17) is 4.74 Å². The average Bonchev–Trinajstić information content (AvgIpc) is 3.29. The summed E-state index contributed by atoms with van der Waals surface area (Å²) in [5.74, 6) is 0.328. The molecule has 3 amide bonds. The predicted molar refractivity (Wildman–Crippen MR) is 125 cm³/mol. The number of anilines is 2. The lowest BCUT2D eigenvalue weighted by atomic mass is 10.2. The second kappa shape index (κ2) is 10.6. The molecule has 162 valence electrons. The molecule has 0 saturated heterocycles. The average molecular weight is 439 g/mol. The summed E-state index contributed by atoms with van der Waals surface area (Å²) in [7, 11) is 5.52. The van der Waals surface area contributed by atoms with Crippen LogP contribution >= 0.6 is 11.3 Å². The monoisotopic (exact) mass is 438 g/mol. The molecule has 0 radical (unpaired) electrons. The highest BCUT2D eigenvalue weighted by molar-refractivity contribution is 7.10. The van der Waals surface area contributed by atoms with E-state index in [9.17, 15) is 9.59 Å². The Hall–Kier alpha value is -3.36. The number of rotatable bonds is 8. The van der Waals surface area contributed by atoms with Gasteiger partial charge in [0.25, 0.3) is 5.91 Å². The van der Waals surface area contributed by atoms with E-state index in [0.29, 0.717) is 29.2 Å². The van der Waals surface area contributed by atoms with Gasteiger partial charge in [0.05, 0.1) is 18.8 Å². The Kier molecular flexibility index (Phi) is 7.64. The SMILES string of the molecule is COc1ccccc1NC(=O)c1ccc(NC(=O)NCC(c2cccs2)N(C)C)cc1. The highest BCUT2D eigenvalue weighted by Gasteiger charge is 2.16. The molecule has 2 aromatic carbocycles. The lowest BCUT2D eigenvalue weighted by Gasteiger charge is -2.23. The van der Waals surface area contributed by atoms with Crippen molar-refractivity contribution in [2.75, 3.05) is 38.4 Å². The number of likely N-dealkylation sites (N-methyl/N-ethyl adjacent to an activating group) is 1. The van der Waals surface area contributed by atoms with Crippen molar-refractivity contribution in [3.8, 4) is 5.75 Å². The van der Waals surface area contributed by atoms with Crippen molar-refractivity contribution in [1.29, 1.82) is 0 Å². The van der Waals surface area contributed by atoms with Gasteiger partial charge in [0.2, 0.25) is 0 Å². The summed E-state index contributed by atoms with van der Waals surface area (Å²) in [5, 5.41) is 10.6. The summed E-state index contributed by atoms with van der Waals surface area (Å²) >= 11 is 1.66. The fourth-order valence-electron chi connectivity index (χ4n) is 3.03. The number of carbonyl (C=O) groups is 2. The summed E-state index contributed by atoms with van der Waals surface area (Å²) < 4.78 is 5.25. The van der Waals surface area contributed by atoms with Crippen LogP contribution in [0.25, 0.3) is 0 Å². The Labute approximate surface area is 186 Å². The number of nitrogens with one attached hydrogen (secondary N) is 3. The van der Waals surface area contributed by atoms with Crippen molar-refractivity contribution < 1.29 is 14.3 Å². The minimum absolute atomic E-state index is 0.104. The molecule has 31 heavy (non-hydrogen) atoms. The molecule has 8 heteroatoms. The summed E-state index contributed by atoms with van der Waals surface area (Å²) in [6.45, 7) is 0.485. The number of para-hydroxylation sites is 2. The molecule has 3 aromatic rings. The van der Waals surface area contributed by atoms with Crippen molar-refractivity contribution >= 4 is 34.6 Å². The highest BCUT2D eigenvalue weighted by atomic mass is 32.1. The van der Waals surface area contributed by atoms with Crippen LogP contribution < -0.4 is 20.7 Å². The lowest BCUT2D eigenvalue weighted by molar-refractivity contribution is 0.102. The second-order valence-corrected chi connectivity index (χ2v) is 8.04. The Morgan fingerprint density at radius 3 is 2.39 bits per heavy atom. The molecule has 7 nitrogen and oxygen atoms in total. The maximum atomic E-state index is 12.5. The number of hydrogen-bond acceptors (Lipinski definition) is 5. The van der Waals surface area contributed by atoms with Crippen LogP contribution in [0.15, 0.2) is 66.0 Å². The number of methoxy groups -OCH3 is 1. The first-order valence-electron chi connectivity index (χ1n) is 9.77. The molecule has 0 saturated carbocycles. The first kappa shape index (κ1) is 22.3. The number of urea groups is 1. The van der Waals surface area contributed by atoms with Crippen LogP contribution in [0.5, 0.6) is 5.75 Å². The zero-order valence-corrected chi connectivity index (χ0v) is 18.5. The number of amides is 3. The number of ether oxygens (including phenoxy) is 1. The van der Waals surface area contributed by atoms with Crippen molar-refractivity contribution in [3.63, 3.8) is 0 Å². The summed E-state index contributed by atoms with van der Waals surface area (Å²) in [5.41, 5.74) is 1.67. The van der Waals surface area contributed by atoms with Gasteiger partial charge in [-0.05, 0) is 61.9 Å². The third-order valence-electron chi connectivity index (χ3n) is 4.71.